The minimum absolute atomic E-state index is 0.307. The topological polar surface area (TPSA) is 26.0 Å². The number of rotatable bonds is 1. The van der Waals surface area contributed by atoms with Crippen molar-refractivity contribution in [3.05, 3.63) is 28.6 Å². The molecule has 0 aliphatic rings. The Kier molecular flexibility index (Phi) is 2.07. The number of oxazole rings is 1. The normalized spacial score (nSPS) is 10.8. The van der Waals surface area contributed by atoms with Gasteiger partial charge in [-0.3, -0.25) is 0 Å². The fourth-order valence-corrected chi connectivity index (χ4v) is 1.57. The number of hydrogen-bond acceptors (Lipinski definition) is 2. The lowest BCUT2D eigenvalue weighted by Crippen LogP contribution is -1.73. The summed E-state index contributed by atoms with van der Waals surface area (Å²) >= 11 is 8.95. The summed E-state index contributed by atoms with van der Waals surface area (Å²) in [4.78, 5) is 4.19. The molecule has 2 rings (SSSR count). The summed E-state index contributed by atoms with van der Waals surface area (Å²) in [7, 11) is 0. The van der Waals surface area contributed by atoms with Crippen molar-refractivity contribution in [3.8, 4) is 0 Å². The number of para-hydroxylation sites is 1. The molecular weight excluding hydrogens is 241 g/mol. The molecule has 2 aromatic rings. The van der Waals surface area contributed by atoms with Gasteiger partial charge in [0.1, 0.15) is 5.52 Å². The minimum atomic E-state index is 0.307. The van der Waals surface area contributed by atoms with Crippen LogP contribution in [0.3, 0.4) is 0 Å². The van der Waals surface area contributed by atoms with Crippen molar-refractivity contribution >= 4 is 38.6 Å². The first-order chi connectivity index (χ1) is 5.81. The second-order valence-corrected chi connectivity index (χ2v) is 3.45. The van der Waals surface area contributed by atoms with E-state index in [0.717, 1.165) is 15.6 Å². The Morgan fingerprint density at radius 3 is 3.00 bits per heavy atom. The smallest absolute Gasteiger partial charge is 0.210 e. The molecule has 0 unspecified atom stereocenters. The fourth-order valence-electron chi connectivity index (χ4n) is 1.02. The van der Waals surface area contributed by atoms with E-state index < -0.39 is 0 Å². The molecule has 0 aliphatic carbocycles. The molecule has 62 valence electrons. The minimum Gasteiger partial charge on any atom is -0.439 e. The van der Waals surface area contributed by atoms with Gasteiger partial charge in [0.05, 0.1) is 5.88 Å². The van der Waals surface area contributed by atoms with Gasteiger partial charge in [0, 0.05) is 4.47 Å². The van der Waals surface area contributed by atoms with Gasteiger partial charge >= 0.3 is 0 Å². The lowest BCUT2D eigenvalue weighted by atomic mass is 10.3. The zero-order valence-electron chi connectivity index (χ0n) is 6.05. The highest BCUT2D eigenvalue weighted by Crippen LogP contribution is 2.24. The predicted molar refractivity (Wildman–Crippen MR) is 51.3 cm³/mol. The van der Waals surface area contributed by atoms with Gasteiger partial charge in [0.25, 0.3) is 0 Å². The number of benzene rings is 1. The van der Waals surface area contributed by atoms with Crippen LogP contribution in [-0.2, 0) is 5.88 Å². The summed E-state index contributed by atoms with van der Waals surface area (Å²) in [5, 5.41) is 0. The molecule has 1 heterocycles. The van der Waals surface area contributed by atoms with Crippen LogP contribution in [0.4, 0.5) is 0 Å². The molecule has 0 spiro atoms. The maximum absolute atomic E-state index is 5.58. The van der Waals surface area contributed by atoms with Crippen molar-refractivity contribution in [1.82, 2.24) is 4.98 Å². The molecule has 2 nitrogen and oxygen atoms in total. The van der Waals surface area contributed by atoms with Gasteiger partial charge < -0.3 is 4.42 Å². The van der Waals surface area contributed by atoms with Gasteiger partial charge in [0.2, 0.25) is 5.89 Å². The van der Waals surface area contributed by atoms with E-state index in [2.05, 4.69) is 20.9 Å². The maximum Gasteiger partial charge on any atom is 0.210 e. The number of hydrogen-bond donors (Lipinski definition) is 0. The number of nitrogens with zero attached hydrogens (tertiary/aromatic N) is 1. The lowest BCUT2D eigenvalue weighted by molar-refractivity contribution is 0.555. The van der Waals surface area contributed by atoms with E-state index in [1.54, 1.807) is 0 Å². The molecule has 1 aromatic heterocycles. The number of alkyl halides is 1. The monoisotopic (exact) mass is 245 g/mol. The molecule has 0 bridgehead atoms. The lowest BCUT2D eigenvalue weighted by Gasteiger charge is -1.86. The molecule has 1 aromatic carbocycles. The largest absolute Gasteiger partial charge is 0.439 e. The van der Waals surface area contributed by atoms with Crippen molar-refractivity contribution in [3.63, 3.8) is 0 Å². The second-order valence-electron chi connectivity index (χ2n) is 2.33. The van der Waals surface area contributed by atoms with Gasteiger partial charge in [-0.25, -0.2) is 4.98 Å². The van der Waals surface area contributed by atoms with Crippen LogP contribution in [-0.4, -0.2) is 4.98 Å². The highest BCUT2D eigenvalue weighted by molar-refractivity contribution is 9.10. The van der Waals surface area contributed by atoms with E-state index in [4.69, 9.17) is 16.0 Å². The zero-order chi connectivity index (χ0) is 8.55. The van der Waals surface area contributed by atoms with E-state index >= 15 is 0 Å². The molecule has 0 aliphatic heterocycles. The highest BCUT2D eigenvalue weighted by Gasteiger charge is 2.06. The Labute approximate surface area is 82.7 Å². The van der Waals surface area contributed by atoms with Gasteiger partial charge in [-0.05, 0) is 28.1 Å². The average Bonchev–Trinajstić information content (AvgIpc) is 2.49. The van der Waals surface area contributed by atoms with Crippen LogP contribution in [0.25, 0.3) is 11.1 Å². The Morgan fingerprint density at radius 2 is 2.33 bits per heavy atom. The van der Waals surface area contributed by atoms with E-state index in [-0.39, 0.29) is 0 Å². The first kappa shape index (κ1) is 8.08. The van der Waals surface area contributed by atoms with E-state index in [0.29, 0.717) is 11.8 Å². The van der Waals surface area contributed by atoms with Gasteiger partial charge in [-0.2, -0.15) is 0 Å². The van der Waals surface area contributed by atoms with Crippen molar-refractivity contribution in [1.29, 1.82) is 0 Å². The van der Waals surface area contributed by atoms with Crippen LogP contribution in [0.5, 0.6) is 0 Å². The predicted octanol–water partition coefficient (Wildman–Crippen LogP) is 3.33. The molecule has 0 amide bonds. The van der Waals surface area contributed by atoms with Crippen LogP contribution in [0, 0.1) is 0 Å². The molecule has 0 atom stereocenters. The zero-order valence-corrected chi connectivity index (χ0v) is 8.39. The van der Waals surface area contributed by atoms with Gasteiger partial charge in [-0.1, -0.05) is 6.07 Å². The van der Waals surface area contributed by atoms with Gasteiger partial charge in [0.15, 0.2) is 5.58 Å². The summed E-state index contributed by atoms with van der Waals surface area (Å²) in [5.74, 6) is 0.861. The average molecular weight is 246 g/mol. The highest BCUT2D eigenvalue weighted by atomic mass is 79.9. The summed E-state index contributed by atoms with van der Waals surface area (Å²) in [6.45, 7) is 0. The second kappa shape index (κ2) is 3.07. The Bertz CT molecular complexity index is 412. The molecule has 4 heteroatoms. The van der Waals surface area contributed by atoms with E-state index in [1.165, 1.54) is 0 Å². The number of halogens is 2. The van der Waals surface area contributed by atoms with Gasteiger partial charge in [-0.15, -0.1) is 11.6 Å². The Morgan fingerprint density at radius 1 is 1.50 bits per heavy atom. The fraction of sp³-hybridized carbons (Fsp3) is 0.125. The van der Waals surface area contributed by atoms with Crippen LogP contribution in [0.15, 0.2) is 27.1 Å². The molecule has 0 saturated heterocycles. The third-order valence-corrected chi connectivity index (χ3v) is 2.40. The molecular formula is C8H5BrClNO. The summed E-state index contributed by atoms with van der Waals surface area (Å²) in [6.07, 6.45) is 0. The summed E-state index contributed by atoms with van der Waals surface area (Å²) in [6, 6.07) is 5.68. The number of fused-ring (bicyclic) bond motifs is 1. The third kappa shape index (κ3) is 1.23. The summed E-state index contributed by atoms with van der Waals surface area (Å²) in [5.41, 5.74) is 1.59. The molecule has 0 radical (unpaired) electrons. The van der Waals surface area contributed by atoms with Crippen LogP contribution >= 0.6 is 27.5 Å². The summed E-state index contributed by atoms with van der Waals surface area (Å²) < 4.78 is 6.26. The van der Waals surface area contributed by atoms with E-state index in [1.807, 2.05) is 18.2 Å². The van der Waals surface area contributed by atoms with Crippen molar-refractivity contribution in [2.75, 3.05) is 0 Å². The molecule has 0 saturated carbocycles. The maximum atomic E-state index is 5.58. The van der Waals surface area contributed by atoms with Crippen LogP contribution in [0.1, 0.15) is 5.89 Å². The first-order valence-electron chi connectivity index (χ1n) is 3.41. The van der Waals surface area contributed by atoms with Crippen molar-refractivity contribution in [2.45, 2.75) is 5.88 Å². The van der Waals surface area contributed by atoms with Crippen LogP contribution < -0.4 is 0 Å². The Balaban J connectivity index is 2.74. The standard InChI is InChI=1S/C8H5BrClNO/c9-5-2-1-3-6-8(5)11-7(4-10)12-6/h1-3H,4H2. The molecule has 0 N–H and O–H groups in total. The Hall–Kier alpha value is -0.540. The quantitative estimate of drug-likeness (QED) is 0.721. The van der Waals surface area contributed by atoms with E-state index in [9.17, 15) is 0 Å². The van der Waals surface area contributed by atoms with Crippen LogP contribution in [0.2, 0.25) is 0 Å². The number of aromatic nitrogens is 1. The SMILES string of the molecule is ClCc1nc2c(Br)cccc2o1. The first-order valence-corrected chi connectivity index (χ1v) is 4.74. The molecule has 12 heavy (non-hydrogen) atoms. The third-order valence-electron chi connectivity index (χ3n) is 1.53. The molecule has 0 fully saturated rings. The van der Waals surface area contributed by atoms with Crippen molar-refractivity contribution < 1.29 is 4.42 Å². The van der Waals surface area contributed by atoms with Crippen molar-refractivity contribution in [2.24, 2.45) is 0 Å².